The van der Waals surface area contributed by atoms with E-state index in [0.717, 1.165) is 12.8 Å². The zero-order chi connectivity index (χ0) is 15.6. The maximum atomic E-state index is 12.3. The largest absolute Gasteiger partial charge is 0.478 e. The van der Waals surface area contributed by atoms with E-state index in [1.54, 1.807) is 0 Å². The third-order valence-electron chi connectivity index (χ3n) is 3.50. The summed E-state index contributed by atoms with van der Waals surface area (Å²) < 4.78 is 28.4. The lowest BCUT2D eigenvalue weighted by Crippen LogP contribution is -2.42. The van der Waals surface area contributed by atoms with E-state index in [-0.39, 0.29) is 16.9 Å². The van der Waals surface area contributed by atoms with Gasteiger partial charge < -0.3 is 10.8 Å². The van der Waals surface area contributed by atoms with Crippen molar-refractivity contribution in [2.24, 2.45) is 5.92 Å². The van der Waals surface area contributed by atoms with Gasteiger partial charge in [-0.15, -0.1) is 0 Å². The summed E-state index contributed by atoms with van der Waals surface area (Å²) in [5.74, 6) is -0.789. The third-order valence-corrected chi connectivity index (χ3v) is 4.99. The van der Waals surface area contributed by atoms with E-state index in [1.165, 1.54) is 22.5 Å². The first-order valence-electron chi connectivity index (χ1n) is 6.70. The number of hydrogen-bond acceptors (Lipinski definition) is 4. The molecule has 1 saturated heterocycles. The number of anilines is 2. The van der Waals surface area contributed by atoms with Crippen LogP contribution in [0.4, 0.5) is 11.4 Å². The number of rotatable bonds is 4. The van der Waals surface area contributed by atoms with Gasteiger partial charge in [0.2, 0.25) is 0 Å². The van der Waals surface area contributed by atoms with Crippen molar-refractivity contribution in [3.05, 3.63) is 23.8 Å². The molecular formula is C13H19N3O4S. The predicted molar refractivity (Wildman–Crippen MR) is 80.3 cm³/mol. The van der Waals surface area contributed by atoms with Crippen LogP contribution in [0.3, 0.4) is 0 Å². The maximum Gasteiger partial charge on any atom is 0.335 e. The van der Waals surface area contributed by atoms with Gasteiger partial charge in [0, 0.05) is 13.1 Å². The number of nitrogens with zero attached hydrogens (tertiary/aromatic N) is 1. The zero-order valence-corrected chi connectivity index (χ0v) is 12.6. The molecule has 0 amide bonds. The molecule has 4 N–H and O–H groups in total. The van der Waals surface area contributed by atoms with Crippen molar-refractivity contribution in [1.82, 2.24) is 4.31 Å². The number of carbonyl (C=O) groups is 1. The Morgan fingerprint density at radius 2 is 2.19 bits per heavy atom. The molecular weight excluding hydrogens is 294 g/mol. The molecule has 0 spiro atoms. The molecule has 1 aliphatic rings. The Bertz CT molecular complexity index is 645. The Morgan fingerprint density at radius 1 is 1.48 bits per heavy atom. The second-order valence-electron chi connectivity index (χ2n) is 5.32. The van der Waals surface area contributed by atoms with Crippen LogP contribution >= 0.6 is 0 Å². The molecule has 8 heteroatoms. The number of nitrogen functional groups attached to an aromatic ring is 1. The summed E-state index contributed by atoms with van der Waals surface area (Å²) in [4.78, 5) is 10.8. The van der Waals surface area contributed by atoms with Crippen LogP contribution in [0.5, 0.6) is 0 Å². The van der Waals surface area contributed by atoms with Crippen LogP contribution in [0, 0.1) is 5.92 Å². The van der Waals surface area contributed by atoms with Crippen molar-refractivity contribution < 1.29 is 18.3 Å². The SMILES string of the molecule is CC1CCCN(S(=O)(=O)Nc2ccc(C(=O)O)cc2N)C1. The van der Waals surface area contributed by atoms with Crippen molar-refractivity contribution in [3.63, 3.8) is 0 Å². The number of nitrogens with one attached hydrogen (secondary N) is 1. The Morgan fingerprint density at radius 3 is 2.76 bits per heavy atom. The van der Waals surface area contributed by atoms with E-state index in [1.807, 2.05) is 6.92 Å². The molecule has 116 valence electrons. The molecule has 1 unspecified atom stereocenters. The quantitative estimate of drug-likeness (QED) is 0.726. The molecule has 0 aliphatic carbocycles. The van der Waals surface area contributed by atoms with Crippen molar-refractivity contribution in [2.75, 3.05) is 23.5 Å². The number of carboxylic acids is 1. The second kappa shape index (κ2) is 5.90. The Kier molecular flexibility index (Phi) is 4.38. The lowest BCUT2D eigenvalue weighted by molar-refractivity contribution is 0.0697. The smallest absolute Gasteiger partial charge is 0.335 e. The number of aromatic carboxylic acids is 1. The second-order valence-corrected chi connectivity index (χ2v) is 6.99. The summed E-state index contributed by atoms with van der Waals surface area (Å²) in [6.45, 7) is 2.97. The van der Waals surface area contributed by atoms with Gasteiger partial charge in [-0.3, -0.25) is 4.72 Å². The van der Waals surface area contributed by atoms with Gasteiger partial charge in [-0.25, -0.2) is 4.79 Å². The fourth-order valence-electron chi connectivity index (χ4n) is 2.36. The van der Waals surface area contributed by atoms with E-state index >= 15 is 0 Å². The summed E-state index contributed by atoms with van der Waals surface area (Å²) in [5.41, 5.74) is 6.01. The highest BCUT2D eigenvalue weighted by atomic mass is 32.2. The highest BCUT2D eigenvalue weighted by molar-refractivity contribution is 7.90. The highest BCUT2D eigenvalue weighted by Gasteiger charge is 2.27. The summed E-state index contributed by atoms with van der Waals surface area (Å²) in [7, 11) is -3.67. The van der Waals surface area contributed by atoms with E-state index in [0.29, 0.717) is 19.0 Å². The fourth-order valence-corrected chi connectivity index (χ4v) is 3.77. The summed E-state index contributed by atoms with van der Waals surface area (Å²) >= 11 is 0. The number of piperidine rings is 1. The number of nitrogens with two attached hydrogens (primary N) is 1. The Balaban J connectivity index is 2.18. The van der Waals surface area contributed by atoms with Crippen molar-refractivity contribution in [2.45, 2.75) is 19.8 Å². The topological polar surface area (TPSA) is 113 Å². The van der Waals surface area contributed by atoms with E-state index in [4.69, 9.17) is 10.8 Å². The maximum absolute atomic E-state index is 12.3. The summed E-state index contributed by atoms with van der Waals surface area (Å²) in [5, 5.41) is 8.86. The molecule has 1 aromatic carbocycles. The van der Waals surface area contributed by atoms with Crippen LogP contribution in [-0.4, -0.2) is 36.9 Å². The minimum atomic E-state index is -3.67. The van der Waals surface area contributed by atoms with Crippen LogP contribution in [0.25, 0.3) is 0 Å². The standard InChI is InChI=1S/C13H19N3O4S/c1-9-3-2-6-16(8-9)21(19,20)15-12-5-4-10(13(17)18)7-11(12)14/h4-5,7,9,15H,2-3,6,8,14H2,1H3,(H,17,18). The molecule has 1 heterocycles. The van der Waals surface area contributed by atoms with Gasteiger partial charge in [0.05, 0.1) is 16.9 Å². The molecule has 1 fully saturated rings. The van der Waals surface area contributed by atoms with Crippen LogP contribution < -0.4 is 10.5 Å². The van der Waals surface area contributed by atoms with Crippen molar-refractivity contribution in [1.29, 1.82) is 0 Å². The van der Waals surface area contributed by atoms with Gasteiger partial charge in [0.1, 0.15) is 0 Å². The van der Waals surface area contributed by atoms with Crippen molar-refractivity contribution in [3.8, 4) is 0 Å². The number of benzene rings is 1. The summed E-state index contributed by atoms with van der Waals surface area (Å²) in [6, 6.07) is 3.91. The number of hydrogen-bond donors (Lipinski definition) is 3. The van der Waals surface area contributed by atoms with Gasteiger partial charge in [-0.05, 0) is 37.0 Å². The van der Waals surface area contributed by atoms with E-state index < -0.39 is 16.2 Å². The Hall–Kier alpha value is -1.80. The lowest BCUT2D eigenvalue weighted by atomic mass is 10.0. The average molecular weight is 313 g/mol. The first-order chi connectivity index (χ1) is 9.79. The molecule has 0 saturated carbocycles. The van der Waals surface area contributed by atoms with Crippen LogP contribution in [0.2, 0.25) is 0 Å². The third kappa shape index (κ3) is 3.64. The number of carboxylic acid groups (broad SMARTS) is 1. The first-order valence-corrected chi connectivity index (χ1v) is 8.14. The van der Waals surface area contributed by atoms with Gasteiger partial charge in [0.15, 0.2) is 0 Å². The van der Waals surface area contributed by atoms with Gasteiger partial charge in [-0.1, -0.05) is 6.92 Å². The molecule has 1 aliphatic heterocycles. The normalized spacial score (nSPS) is 20.1. The molecule has 0 bridgehead atoms. The molecule has 2 rings (SSSR count). The molecule has 1 atom stereocenters. The van der Waals surface area contributed by atoms with Crippen molar-refractivity contribution >= 4 is 27.6 Å². The van der Waals surface area contributed by atoms with Crippen LogP contribution in [0.15, 0.2) is 18.2 Å². The molecule has 0 radical (unpaired) electrons. The average Bonchev–Trinajstić information content (AvgIpc) is 2.40. The monoisotopic (exact) mass is 313 g/mol. The van der Waals surface area contributed by atoms with Gasteiger partial charge in [-0.2, -0.15) is 12.7 Å². The zero-order valence-electron chi connectivity index (χ0n) is 11.7. The van der Waals surface area contributed by atoms with Gasteiger partial charge >= 0.3 is 16.2 Å². The van der Waals surface area contributed by atoms with E-state index in [2.05, 4.69) is 4.72 Å². The van der Waals surface area contributed by atoms with Gasteiger partial charge in [0.25, 0.3) is 0 Å². The molecule has 21 heavy (non-hydrogen) atoms. The van der Waals surface area contributed by atoms with Crippen LogP contribution in [0.1, 0.15) is 30.1 Å². The fraction of sp³-hybridized carbons (Fsp3) is 0.462. The first kappa shape index (κ1) is 15.6. The molecule has 1 aromatic rings. The highest BCUT2D eigenvalue weighted by Crippen LogP contribution is 2.24. The minimum absolute atomic E-state index is 0.0158. The Labute approximate surface area is 123 Å². The van der Waals surface area contributed by atoms with E-state index in [9.17, 15) is 13.2 Å². The summed E-state index contributed by atoms with van der Waals surface area (Å²) in [6.07, 6.45) is 1.84. The van der Waals surface area contributed by atoms with Crippen LogP contribution in [-0.2, 0) is 10.2 Å². The minimum Gasteiger partial charge on any atom is -0.478 e. The molecule has 0 aromatic heterocycles. The predicted octanol–water partition coefficient (Wildman–Crippen LogP) is 1.36. The lowest BCUT2D eigenvalue weighted by Gasteiger charge is -2.30. The molecule has 7 nitrogen and oxygen atoms in total.